The highest BCUT2D eigenvalue weighted by molar-refractivity contribution is 8.01. The number of aromatic nitrogens is 3. The molecule has 0 amide bonds. The minimum atomic E-state index is -2.80. The smallest absolute Gasteiger partial charge is 0.381 e. The maximum atomic E-state index is 5.95. The molecule has 120 valence electrons. The standard InChI is InChI=1S/C12H24N4O3SSi/c1-5-11(20-10-9-14-16-15-12(10)13)21(17-6-2,18-7-3)19-8-4/h9,11H,5-8H2,1-4H3,(H2,13,14,15). The lowest BCUT2D eigenvalue weighted by atomic mass is 10.6. The highest BCUT2D eigenvalue weighted by Crippen LogP contribution is 2.35. The van der Waals surface area contributed by atoms with Crippen LogP contribution >= 0.6 is 11.8 Å². The van der Waals surface area contributed by atoms with E-state index in [1.807, 2.05) is 20.8 Å². The first-order chi connectivity index (χ1) is 10.1. The summed E-state index contributed by atoms with van der Waals surface area (Å²) in [4.78, 5) is 0.804. The Morgan fingerprint density at radius 2 is 1.71 bits per heavy atom. The number of hydrogen-bond donors (Lipinski definition) is 1. The zero-order chi connectivity index (χ0) is 15.7. The summed E-state index contributed by atoms with van der Waals surface area (Å²) in [6, 6.07) is 0. The van der Waals surface area contributed by atoms with E-state index in [1.165, 1.54) is 11.8 Å². The normalized spacial score (nSPS) is 13.3. The van der Waals surface area contributed by atoms with Gasteiger partial charge in [-0.15, -0.1) is 22.0 Å². The summed E-state index contributed by atoms with van der Waals surface area (Å²) in [7, 11) is -2.80. The van der Waals surface area contributed by atoms with Gasteiger partial charge in [0.15, 0.2) is 5.82 Å². The van der Waals surface area contributed by atoms with Gasteiger partial charge in [0.2, 0.25) is 0 Å². The molecule has 9 heteroatoms. The molecule has 0 aliphatic heterocycles. The zero-order valence-electron chi connectivity index (χ0n) is 13.0. The molecule has 1 unspecified atom stereocenters. The first-order valence-electron chi connectivity index (χ1n) is 7.15. The van der Waals surface area contributed by atoms with Gasteiger partial charge in [-0.2, -0.15) is 0 Å². The second-order valence-corrected chi connectivity index (χ2v) is 8.53. The van der Waals surface area contributed by atoms with E-state index < -0.39 is 8.80 Å². The molecule has 0 bridgehead atoms. The van der Waals surface area contributed by atoms with E-state index in [0.717, 1.165) is 11.3 Å². The average Bonchev–Trinajstić information content (AvgIpc) is 2.47. The highest BCUT2D eigenvalue weighted by atomic mass is 32.2. The predicted molar refractivity (Wildman–Crippen MR) is 84.8 cm³/mol. The summed E-state index contributed by atoms with van der Waals surface area (Å²) in [5.74, 6) is 0.362. The molecule has 1 aromatic heterocycles. The van der Waals surface area contributed by atoms with Gasteiger partial charge in [0.05, 0.1) is 16.0 Å². The van der Waals surface area contributed by atoms with Gasteiger partial charge in [-0.05, 0) is 32.4 Å². The third kappa shape index (κ3) is 4.89. The second kappa shape index (κ2) is 9.31. The van der Waals surface area contributed by atoms with Gasteiger partial charge in [0.25, 0.3) is 0 Å². The number of nitrogens with zero attached hydrogens (tertiary/aromatic N) is 3. The molecule has 0 fully saturated rings. The van der Waals surface area contributed by atoms with Crippen LogP contribution in [-0.2, 0) is 13.3 Å². The third-order valence-electron chi connectivity index (χ3n) is 2.70. The van der Waals surface area contributed by atoms with Crippen molar-refractivity contribution < 1.29 is 13.3 Å². The molecule has 0 aliphatic rings. The van der Waals surface area contributed by atoms with Gasteiger partial charge >= 0.3 is 8.80 Å². The van der Waals surface area contributed by atoms with Crippen LogP contribution in [0.25, 0.3) is 0 Å². The van der Waals surface area contributed by atoms with Crippen molar-refractivity contribution in [3.8, 4) is 0 Å². The fourth-order valence-corrected chi connectivity index (χ4v) is 6.75. The van der Waals surface area contributed by atoms with Crippen molar-refractivity contribution in [1.82, 2.24) is 15.4 Å². The van der Waals surface area contributed by atoms with Crippen LogP contribution in [0.2, 0.25) is 0 Å². The molecule has 0 saturated heterocycles. The van der Waals surface area contributed by atoms with Crippen molar-refractivity contribution >= 4 is 26.4 Å². The van der Waals surface area contributed by atoms with E-state index in [9.17, 15) is 0 Å². The van der Waals surface area contributed by atoms with Gasteiger partial charge in [-0.1, -0.05) is 6.92 Å². The van der Waals surface area contributed by atoms with E-state index in [2.05, 4.69) is 22.3 Å². The van der Waals surface area contributed by atoms with Crippen molar-refractivity contribution in [2.24, 2.45) is 0 Å². The van der Waals surface area contributed by atoms with Crippen LogP contribution < -0.4 is 5.73 Å². The molecule has 0 aromatic carbocycles. The molecule has 1 aromatic rings. The van der Waals surface area contributed by atoms with E-state index in [0.29, 0.717) is 25.6 Å². The molecule has 2 N–H and O–H groups in total. The lowest BCUT2D eigenvalue weighted by Crippen LogP contribution is -2.55. The van der Waals surface area contributed by atoms with Crippen molar-refractivity contribution in [2.45, 2.75) is 43.9 Å². The van der Waals surface area contributed by atoms with Gasteiger partial charge in [-0.25, -0.2) is 0 Å². The summed E-state index contributed by atoms with van der Waals surface area (Å²) >= 11 is 1.54. The molecule has 0 radical (unpaired) electrons. The Labute approximate surface area is 131 Å². The minimum absolute atomic E-state index is 0.0330. The Bertz CT molecular complexity index is 410. The van der Waals surface area contributed by atoms with Crippen molar-refractivity contribution in [2.75, 3.05) is 25.6 Å². The molecule has 1 rings (SSSR count). The number of nitrogens with two attached hydrogens (primary N) is 1. The Morgan fingerprint density at radius 3 is 2.14 bits per heavy atom. The zero-order valence-corrected chi connectivity index (χ0v) is 14.9. The molecule has 0 spiro atoms. The molecule has 1 heterocycles. The Kier molecular flexibility index (Phi) is 8.12. The number of anilines is 1. The molecular formula is C12H24N4O3SSi. The lowest BCUT2D eigenvalue weighted by molar-refractivity contribution is 0.0692. The van der Waals surface area contributed by atoms with Gasteiger partial charge in [0.1, 0.15) is 0 Å². The summed E-state index contributed by atoms with van der Waals surface area (Å²) in [6.07, 6.45) is 2.44. The maximum absolute atomic E-state index is 5.95. The third-order valence-corrected chi connectivity index (χ3v) is 8.38. The van der Waals surface area contributed by atoms with Crippen LogP contribution in [0.15, 0.2) is 11.1 Å². The Balaban J connectivity index is 3.02. The number of thioether (sulfide) groups is 1. The largest absolute Gasteiger partial charge is 0.515 e. The van der Waals surface area contributed by atoms with Crippen molar-refractivity contribution in [3.05, 3.63) is 6.20 Å². The molecule has 7 nitrogen and oxygen atoms in total. The van der Waals surface area contributed by atoms with Gasteiger partial charge < -0.3 is 19.0 Å². The topological polar surface area (TPSA) is 92.4 Å². The Morgan fingerprint density at radius 1 is 1.14 bits per heavy atom. The minimum Gasteiger partial charge on any atom is -0.381 e. The highest BCUT2D eigenvalue weighted by Gasteiger charge is 2.49. The maximum Gasteiger partial charge on any atom is 0.515 e. The summed E-state index contributed by atoms with van der Waals surface area (Å²) < 4.78 is 17.9. The first kappa shape index (κ1) is 18.3. The number of nitrogen functional groups attached to an aromatic ring is 1. The van der Waals surface area contributed by atoms with Crippen LogP contribution in [0.1, 0.15) is 34.1 Å². The number of rotatable bonds is 10. The second-order valence-electron chi connectivity index (χ2n) is 4.10. The van der Waals surface area contributed by atoms with E-state index in [4.69, 9.17) is 19.0 Å². The van der Waals surface area contributed by atoms with Crippen LogP contribution in [0, 0.1) is 0 Å². The van der Waals surface area contributed by atoms with E-state index in [1.54, 1.807) is 6.20 Å². The average molecular weight is 333 g/mol. The van der Waals surface area contributed by atoms with Gasteiger partial charge in [0, 0.05) is 19.8 Å². The molecule has 1 atom stereocenters. The molecule has 0 saturated carbocycles. The molecule has 21 heavy (non-hydrogen) atoms. The van der Waals surface area contributed by atoms with Crippen LogP contribution in [0.4, 0.5) is 5.82 Å². The first-order valence-corrected chi connectivity index (χ1v) is 9.83. The number of hydrogen-bond acceptors (Lipinski definition) is 8. The van der Waals surface area contributed by atoms with Crippen molar-refractivity contribution in [3.63, 3.8) is 0 Å². The SMILES string of the molecule is CCO[Si](OCC)(OCC)C(CC)Sc1cnnnc1N. The predicted octanol–water partition coefficient (Wildman–Crippen LogP) is 1.91. The Hall–Kier alpha value is -0.743. The van der Waals surface area contributed by atoms with E-state index >= 15 is 0 Å². The fourth-order valence-electron chi connectivity index (χ4n) is 1.92. The molecular weight excluding hydrogens is 308 g/mol. The summed E-state index contributed by atoms with van der Waals surface area (Å²) in [5.41, 5.74) is 5.85. The molecule has 0 aliphatic carbocycles. The van der Waals surface area contributed by atoms with E-state index in [-0.39, 0.29) is 4.87 Å². The monoisotopic (exact) mass is 332 g/mol. The summed E-state index contributed by atoms with van der Waals surface area (Å²) in [5, 5.41) is 11.1. The summed E-state index contributed by atoms with van der Waals surface area (Å²) in [6.45, 7) is 9.56. The lowest BCUT2D eigenvalue weighted by Gasteiger charge is -2.34. The van der Waals surface area contributed by atoms with Crippen LogP contribution in [0.5, 0.6) is 0 Å². The van der Waals surface area contributed by atoms with Crippen LogP contribution in [-0.4, -0.2) is 48.9 Å². The fraction of sp³-hybridized carbons (Fsp3) is 0.750. The van der Waals surface area contributed by atoms with Crippen LogP contribution in [0.3, 0.4) is 0 Å². The van der Waals surface area contributed by atoms with Gasteiger partial charge in [-0.3, -0.25) is 0 Å². The quantitative estimate of drug-likeness (QED) is 0.513. The van der Waals surface area contributed by atoms with Crippen molar-refractivity contribution in [1.29, 1.82) is 0 Å².